The van der Waals surface area contributed by atoms with Crippen LogP contribution in [-0.2, 0) is 11.3 Å². The molecule has 1 amide bonds. The van der Waals surface area contributed by atoms with Gasteiger partial charge in [0.15, 0.2) is 0 Å². The molecule has 1 aromatic carbocycles. The zero-order valence-corrected chi connectivity index (χ0v) is 14.2. The largest absolute Gasteiger partial charge is 0.306 e. The van der Waals surface area contributed by atoms with E-state index in [9.17, 15) is 9.18 Å². The van der Waals surface area contributed by atoms with Gasteiger partial charge >= 0.3 is 0 Å². The molecule has 4 heteroatoms. The molecule has 0 fully saturated rings. The first kappa shape index (κ1) is 18.1. The predicted octanol–water partition coefficient (Wildman–Crippen LogP) is 5.11. The lowest BCUT2D eigenvalue weighted by Crippen LogP contribution is -2.30. The zero-order chi connectivity index (χ0) is 17.2. The molecule has 0 saturated heterocycles. The van der Waals surface area contributed by atoms with Crippen molar-refractivity contribution in [3.63, 3.8) is 0 Å². The molecule has 1 heterocycles. The van der Waals surface area contributed by atoms with E-state index in [2.05, 4.69) is 11.9 Å². The second-order valence-corrected chi connectivity index (χ2v) is 5.94. The van der Waals surface area contributed by atoms with Gasteiger partial charge in [-0.15, -0.1) is 0 Å². The number of carbonyl (C=O) groups excluding carboxylic acids is 1. The number of rotatable bonds is 9. The first-order valence-electron chi connectivity index (χ1n) is 8.66. The van der Waals surface area contributed by atoms with Gasteiger partial charge in [0, 0.05) is 18.3 Å². The van der Waals surface area contributed by atoms with Gasteiger partial charge in [0.1, 0.15) is 5.82 Å². The Labute approximate surface area is 143 Å². The van der Waals surface area contributed by atoms with E-state index >= 15 is 0 Å². The Morgan fingerprint density at radius 1 is 1.04 bits per heavy atom. The van der Waals surface area contributed by atoms with Crippen molar-refractivity contribution in [2.45, 2.75) is 52.0 Å². The van der Waals surface area contributed by atoms with Gasteiger partial charge in [-0.25, -0.2) is 4.39 Å². The lowest BCUT2D eigenvalue weighted by atomic mass is 10.1. The Balaban J connectivity index is 2.04. The number of nitrogens with zero attached hydrogens (tertiary/aromatic N) is 2. The van der Waals surface area contributed by atoms with E-state index in [-0.39, 0.29) is 11.7 Å². The molecule has 0 spiro atoms. The van der Waals surface area contributed by atoms with Gasteiger partial charge < -0.3 is 4.90 Å². The number of unbranched alkanes of at least 4 members (excludes halogenated alkanes) is 4. The Bertz CT molecular complexity index is 613. The van der Waals surface area contributed by atoms with Gasteiger partial charge in [0.05, 0.1) is 12.2 Å². The third kappa shape index (κ3) is 5.76. The molecule has 0 saturated carbocycles. The van der Waals surface area contributed by atoms with E-state index in [0.717, 1.165) is 18.5 Å². The molecule has 2 aromatic rings. The SMILES string of the molecule is CCCCCCCC(=O)N(Cc1ccccn1)c1ccc(F)cc1. The van der Waals surface area contributed by atoms with Crippen molar-refractivity contribution in [2.75, 3.05) is 4.90 Å². The van der Waals surface area contributed by atoms with Crippen LogP contribution in [0.4, 0.5) is 10.1 Å². The van der Waals surface area contributed by atoms with Crippen LogP contribution in [0.25, 0.3) is 0 Å². The van der Waals surface area contributed by atoms with Gasteiger partial charge in [0.25, 0.3) is 0 Å². The van der Waals surface area contributed by atoms with Crippen LogP contribution in [0.15, 0.2) is 48.7 Å². The summed E-state index contributed by atoms with van der Waals surface area (Å²) in [6.45, 7) is 2.58. The number of pyridine rings is 1. The van der Waals surface area contributed by atoms with E-state index in [1.807, 2.05) is 18.2 Å². The highest BCUT2D eigenvalue weighted by Crippen LogP contribution is 2.19. The van der Waals surface area contributed by atoms with E-state index in [4.69, 9.17) is 0 Å². The smallest absolute Gasteiger partial charge is 0.227 e. The molecule has 0 aliphatic heterocycles. The molecule has 128 valence electrons. The molecular weight excluding hydrogens is 303 g/mol. The molecule has 0 aliphatic carbocycles. The van der Waals surface area contributed by atoms with E-state index < -0.39 is 0 Å². The van der Waals surface area contributed by atoms with Crippen molar-refractivity contribution in [1.29, 1.82) is 0 Å². The second-order valence-electron chi connectivity index (χ2n) is 5.94. The van der Waals surface area contributed by atoms with Crippen LogP contribution in [0.1, 0.15) is 51.1 Å². The van der Waals surface area contributed by atoms with Crippen LogP contribution in [0, 0.1) is 5.82 Å². The predicted molar refractivity (Wildman–Crippen MR) is 95.2 cm³/mol. The number of carbonyl (C=O) groups is 1. The number of hydrogen-bond acceptors (Lipinski definition) is 2. The summed E-state index contributed by atoms with van der Waals surface area (Å²) in [5.74, 6) is -0.243. The van der Waals surface area contributed by atoms with Crippen LogP contribution < -0.4 is 4.90 Å². The minimum Gasteiger partial charge on any atom is -0.306 e. The minimum absolute atomic E-state index is 0.0590. The number of aromatic nitrogens is 1. The molecule has 0 atom stereocenters. The number of amides is 1. The maximum atomic E-state index is 13.2. The summed E-state index contributed by atoms with van der Waals surface area (Å²) in [5.41, 5.74) is 1.53. The fourth-order valence-corrected chi connectivity index (χ4v) is 2.61. The number of halogens is 1. The molecule has 0 unspecified atom stereocenters. The lowest BCUT2D eigenvalue weighted by molar-refractivity contribution is -0.118. The van der Waals surface area contributed by atoms with Gasteiger partial charge in [0.2, 0.25) is 5.91 Å². The monoisotopic (exact) mass is 328 g/mol. The summed E-state index contributed by atoms with van der Waals surface area (Å²) in [6.07, 6.45) is 7.75. The number of hydrogen-bond donors (Lipinski definition) is 0. The van der Waals surface area contributed by atoms with Crippen molar-refractivity contribution in [3.8, 4) is 0 Å². The van der Waals surface area contributed by atoms with Gasteiger partial charge in [-0.05, 0) is 42.8 Å². The molecular formula is C20H25FN2O. The summed E-state index contributed by atoms with van der Waals surface area (Å²) < 4.78 is 13.2. The minimum atomic E-state index is -0.302. The molecule has 0 radical (unpaired) electrons. The quantitative estimate of drug-likeness (QED) is 0.599. The summed E-state index contributed by atoms with van der Waals surface area (Å²) in [5, 5.41) is 0. The summed E-state index contributed by atoms with van der Waals surface area (Å²) in [6, 6.07) is 11.7. The fourth-order valence-electron chi connectivity index (χ4n) is 2.61. The topological polar surface area (TPSA) is 33.2 Å². The van der Waals surface area contributed by atoms with Crippen LogP contribution in [0.2, 0.25) is 0 Å². The van der Waals surface area contributed by atoms with Crippen LogP contribution in [0.3, 0.4) is 0 Å². The zero-order valence-electron chi connectivity index (χ0n) is 14.2. The Morgan fingerprint density at radius 2 is 1.79 bits per heavy atom. The van der Waals surface area contributed by atoms with E-state index in [1.165, 1.54) is 31.4 Å². The van der Waals surface area contributed by atoms with E-state index in [0.29, 0.717) is 18.7 Å². The van der Waals surface area contributed by atoms with Gasteiger partial charge in [-0.1, -0.05) is 38.7 Å². The maximum Gasteiger partial charge on any atom is 0.227 e. The molecule has 2 rings (SSSR count). The number of benzene rings is 1. The average molecular weight is 328 g/mol. The lowest BCUT2D eigenvalue weighted by Gasteiger charge is -2.22. The first-order chi connectivity index (χ1) is 11.7. The standard InChI is InChI=1S/C20H25FN2O/c1-2-3-4-5-6-10-20(24)23(16-18-9-7-8-15-22-18)19-13-11-17(21)12-14-19/h7-9,11-15H,2-6,10,16H2,1H3. The highest BCUT2D eigenvalue weighted by Gasteiger charge is 2.16. The molecule has 0 N–H and O–H groups in total. The maximum absolute atomic E-state index is 13.2. The van der Waals surface area contributed by atoms with Gasteiger partial charge in [-0.3, -0.25) is 9.78 Å². The second kappa shape index (κ2) is 9.81. The van der Waals surface area contributed by atoms with Crippen LogP contribution in [-0.4, -0.2) is 10.9 Å². The highest BCUT2D eigenvalue weighted by molar-refractivity contribution is 5.93. The van der Waals surface area contributed by atoms with Crippen LogP contribution in [0.5, 0.6) is 0 Å². The summed E-state index contributed by atoms with van der Waals surface area (Å²) in [4.78, 5) is 18.7. The third-order valence-electron chi connectivity index (χ3n) is 3.98. The van der Waals surface area contributed by atoms with Crippen molar-refractivity contribution in [1.82, 2.24) is 4.98 Å². The van der Waals surface area contributed by atoms with Crippen LogP contribution >= 0.6 is 0 Å². The Hall–Kier alpha value is -2.23. The molecule has 1 aromatic heterocycles. The first-order valence-corrected chi connectivity index (χ1v) is 8.66. The highest BCUT2D eigenvalue weighted by atomic mass is 19.1. The molecule has 0 bridgehead atoms. The van der Waals surface area contributed by atoms with Gasteiger partial charge in [-0.2, -0.15) is 0 Å². The third-order valence-corrected chi connectivity index (χ3v) is 3.98. The fraction of sp³-hybridized carbons (Fsp3) is 0.400. The Morgan fingerprint density at radius 3 is 2.46 bits per heavy atom. The van der Waals surface area contributed by atoms with Crippen molar-refractivity contribution < 1.29 is 9.18 Å². The van der Waals surface area contributed by atoms with Crippen molar-refractivity contribution >= 4 is 11.6 Å². The Kier molecular flexibility index (Phi) is 7.40. The summed E-state index contributed by atoms with van der Waals surface area (Å²) >= 11 is 0. The molecule has 3 nitrogen and oxygen atoms in total. The normalized spacial score (nSPS) is 10.6. The number of anilines is 1. The van der Waals surface area contributed by atoms with Crippen molar-refractivity contribution in [3.05, 3.63) is 60.2 Å². The molecule has 24 heavy (non-hydrogen) atoms. The van der Waals surface area contributed by atoms with Crippen molar-refractivity contribution in [2.24, 2.45) is 0 Å². The summed E-state index contributed by atoms with van der Waals surface area (Å²) in [7, 11) is 0. The van der Waals surface area contributed by atoms with E-state index in [1.54, 1.807) is 23.2 Å². The molecule has 0 aliphatic rings. The average Bonchev–Trinajstić information content (AvgIpc) is 2.61.